The molecule has 3 aromatic rings. The van der Waals surface area contributed by atoms with Crippen LogP contribution < -0.4 is 25.6 Å². The van der Waals surface area contributed by atoms with Crippen molar-refractivity contribution in [2.45, 2.75) is 13.0 Å². The Labute approximate surface area is 188 Å². The molecular weight excluding hydrogens is 428 g/mol. The van der Waals surface area contributed by atoms with Crippen LogP contribution >= 0.6 is 0 Å². The van der Waals surface area contributed by atoms with Crippen LogP contribution in [0.25, 0.3) is 11.3 Å². The Balaban J connectivity index is 1.16. The molecule has 1 N–H and O–H groups in total. The largest absolute Gasteiger partial charge is 0.454 e. The molecule has 0 saturated carbocycles. The number of fused-ring (bicyclic) bond motifs is 1. The molecule has 1 amide bonds. The third-order valence-corrected chi connectivity index (χ3v) is 5.74. The quantitative estimate of drug-likeness (QED) is 0.595. The van der Waals surface area contributed by atoms with E-state index >= 15 is 0 Å². The summed E-state index contributed by atoms with van der Waals surface area (Å²) in [4.78, 5) is 41.5. The Hall–Kier alpha value is -4.15. The van der Waals surface area contributed by atoms with Gasteiger partial charge < -0.3 is 23.8 Å². The van der Waals surface area contributed by atoms with E-state index in [0.717, 1.165) is 22.8 Å². The average Bonchev–Trinajstić information content (AvgIpc) is 3.32. The second kappa shape index (κ2) is 8.77. The summed E-state index contributed by atoms with van der Waals surface area (Å²) in [5, 5.41) is 8.72. The molecule has 4 heterocycles. The topological polar surface area (TPSA) is 123 Å². The highest BCUT2D eigenvalue weighted by atomic mass is 16.7. The van der Waals surface area contributed by atoms with Crippen molar-refractivity contribution in [1.82, 2.24) is 24.6 Å². The summed E-state index contributed by atoms with van der Waals surface area (Å²) in [5.74, 6) is 2.15. The number of H-pyrrole nitrogens is 1. The molecule has 11 nitrogen and oxygen atoms in total. The van der Waals surface area contributed by atoms with Crippen molar-refractivity contribution in [3.8, 4) is 22.8 Å². The van der Waals surface area contributed by atoms with E-state index in [1.165, 1.54) is 16.8 Å². The van der Waals surface area contributed by atoms with Gasteiger partial charge in [0.15, 0.2) is 17.3 Å². The van der Waals surface area contributed by atoms with Crippen molar-refractivity contribution in [1.29, 1.82) is 0 Å². The lowest BCUT2D eigenvalue weighted by Gasteiger charge is -2.35. The molecule has 0 bridgehead atoms. The van der Waals surface area contributed by atoms with E-state index in [4.69, 9.17) is 9.47 Å². The first-order chi connectivity index (χ1) is 16.1. The van der Waals surface area contributed by atoms with Gasteiger partial charge in [0.25, 0.3) is 5.56 Å². The van der Waals surface area contributed by atoms with Crippen molar-refractivity contribution in [3.05, 3.63) is 63.4 Å². The maximum Gasteiger partial charge on any atom is 0.328 e. The van der Waals surface area contributed by atoms with Crippen molar-refractivity contribution >= 4 is 11.7 Å². The van der Waals surface area contributed by atoms with Crippen molar-refractivity contribution in [2.75, 3.05) is 37.9 Å². The zero-order valence-electron chi connectivity index (χ0n) is 17.8. The fourth-order valence-electron chi connectivity index (χ4n) is 3.88. The number of aryl methyl sites for hydroxylation is 1. The number of rotatable bonds is 5. The minimum atomic E-state index is -0.511. The molecule has 11 heteroatoms. The fourth-order valence-corrected chi connectivity index (χ4v) is 3.88. The Morgan fingerprint density at radius 1 is 0.970 bits per heavy atom. The minimum absolute atomic E-state index is 0.0306. The highest BCUT2D eigenvalue weighted by Crippen LogP contribution is 2.35. The van der Waals surface area contributed by atoms with Gasteiger partial charge in [0.2, 0.25) is 12.7 Å². The van der Waals surface area contributed by atoms with Gasteiger partial charge in [-0.05, 0) is 30.3 Å². The number of nitrogens with zero attached hydrogens (tertiary/aromatic N) is 5. The van der Waals surface area contributed by atoms with Crippen LogP contribution in [0.15, 0.2) is 52.2 Å². The molecule has 2 aliphatic heterocycles. The summed E-state index contributed by atoms with van der Waals surface area (Å²) in [5.41, 5.74) is 0.673. The van der Waals surface area contributed by atoms with Gasteiger partial charge in [0.1, 0.15) is 0 Å². The second-order valence-electron chi connectivity index (χ2n) is 7.77. The first-order valence-electron chi connectivity index (χ1n) is 10.6. The molecule has 0 radical (unpaired) electrons. The molecule has 2 aromatic heterocycles. The summed E-state index contributed by atoms with van der Waals surface area (Å²) in [6, 6.07) is 10.8. The third-order valence-electron chi connectivity index (χ3n) is 5.74. The zero-order valence-corrected chi connectivity index (χ0v) is 17.8. The molecule has 2 aliphatic rings. The van der Waals surface area contributed by atoms with Crippen molar-refractivity contribution in [3.63, 3.8) is 0 Å². The predicted molar refractivity (Wildman–Crippen MR) is 118 cm³/mol. The first kappa shape index (κ1) is 20.7. The molecular formula is C22H22N6O5. The summed E-state index contributed by atoms with van der Waals surface area (Å²) < 4.78 is 12.1. The molecule has 1 saturated heterocycles. The van der Waals surface area contributed by atoms with Crippen LogP contribution in [0, 0.1) is 0 Å². The van der Waals surface area contributed by atoms with Gasteiger partial charge in [-0.15, -0.1) is 10.2 Å². The lowest BCUT2D eigenvalue weighted by atomic mass is 10.1. The minimum Gasteiger partial charge on any atom is -0.454 e. The molecule has 1 aromatic carbocycles. The van der Waals surface area contributed by atoms with Gasteiger partial charge in [0.05, 0.1) is 5.69 Å². The number of hydrogen-bond donors (Lipinski definition) is 1. The Kier molecular flexibility index (Phi) is 5.51. The summed E-state index contributed by atoms with van der Waals surface area (Å²) in [7, 11) is 0. The Morgan fingerprint density at radius 3 is 2.55 bits per heavy atom. The van der Waals surface area contributed by atoms with Gasteiger partial charge in [-0.1, -0.05) is 0 Å². The summed E-state index contributed by atoms with van der Waals surface area (Å²) in [6.07, 6.45) is 1.59. The van der Waals surface area contributed by atoms with Crippen LogP contribution in [0.1, 0.15) is 6.42 Å². The fraction of sp³-hybridized carbons (Fsp3) is 0.318. The number of aromatic nitrogens is 4. The van der Waals surface area contributed by atoms with Gasteiger partial charge in [-0.2, -0.15) is 0 Å². The summed E-state index contributed by atoms with van der Waals surface area (Å²) in [6.45, 7) is 2.85. The highest BCUT2D eigenvalue weighted by Gasteiger charge is 2.22. The molecule has 170 valence electrons. The molecule has 0 aliphatic carbocycles. The molecule has 0 spiro atoms. The molecule has 5 rings (SSSR count). The number of anilines is 1. The molecule has 33 heavy (non-hydrogen) atoms. The van der Waals surface area contributed by atoms with E-state index in [0.29, 0.717) is 31.9 Å². The van der Waals surface area contributed by atoms with Gasteiger partial charge in [-0.3, -0.25) is 14.6 Å². The third kappa shape index (κ3) is 4.43. The summed E-state index contributed by atoms with van der Waals surface area (Å²) >= 11 is 0. The monoisotopic (exact) mass is 450 g/mol. The lowest BCUT2D eigenvalue weighted by Crippen LogP contribution is -2.49. The molecule has 0 unspecified atom stereocenters. The number of hydrogen-bond acceptors (Lipinski definition) is 8. The standard InChI is InChI=1S/C22H22N6O5/c29-20-5-7-28(22(31)23-20)8-6-21(30)27-11-9-26(10-12-27)19-4-2-16(24-25-19)15-1-3-17-18(13-15)33-14-32-17/h1-5,7,13H,6,8-12,14H2,(H,23,29,31). The van der Waals surface area contributed by atoms with Gasteiger partial charge in [0, 0.05) is 57.0 Å². The second-order valence-corrected chi connectivity index (χ2v) is 7.77. The number of piperazine rings is 1. The highest BCUT2D eigenvalue weighted by molar-refractivity contribution is 5.76. The molecule has 0 atom stereocenters. The smallest absolute Gasteiger partial charge is 0.328 e. The van der Waals surface area contributed by atoms with E-state index in [-0.39, 0.29) is 25.7 Å². The van der Waals surface area contributed by atoms with Crippen LogP contribution in [0.5, 0.6) is 11.5 Å². The van der Waals surface area contributed by atoms with Gasteiger partial charge in [-0.25, -0.2) is 4.79 Å². The number of benzene rings is 1. The van der Waals surface area contributed by atoms with Crippen LogP contribution in [-0.4, -0.2) is 63.5 Å². The van der Waals surface area contributed by atoms with E-state index in [2.05, 4.69) is 20.1 Å². The van der Waals surface area contributed by atoms with Crippen LogP contribution in [0.3, 0.4) is 0 Å². The number of carbonyl (C=O) groups is 1. The number of nitrogens with one attached hydrogen (secondary N) is 1. The average molecular weight is 450 g/mol. The maximum absolute atomic E-state index is 12.5. The Morgan fingerprint density at radius 2 is 1.79 bits per heavy atom. The van der Waals surface area contributed by atoms with E-state index in [1.54, 1.807) is 4.90 Å². The number of aromatic amines is 1. The maximum atomic E-state index is 12.5. The van der Waals surface area contributed by atoms with Gasteiger partial charge >= 0.3 is 5.69 Å². The van der Waals surface area contributed by atoms with Crippen LogP contribution in [0.2, 0.25) is 0 Å². The number of carbonyl (C=O) groups excluding carboxylic acids is 1. The number of ether oxygens (including phenoxy) is 2. The van der Waals surface area contributed by atoms with E-state index in [9.17, 15) is 14.4 Å². The van der Waals surface area contributed by atoms with Crippen molar-refractivity contribution < 1.29 is 14.3 Å². The van der Waals surface area contributed by atoms with Crippen LogP contribution in [-0.2, 0) is 11.3 Å². The molecule has 1 fully saturated rings. The first-order valence-corrected chi connectivity index (χ1v) is 10.6. The van der Waals surface area contributed by atoms with Crippen molar-refractivity contribution in [2.24, 2.45) is 0 Å². The van der Waals surface area contributed by atoms with E-state index in [1.807, 2.05) is 30.3 Å². The number of amides is 1. The normalized spacial score (nSPS) is 15.0. The predicted octanol–water partition coefficient (Wildman–Crippen LogP) is 0.461. The lowest BCUT2D eigenvalue weighted by molar-refractivity contribution is -0.131. The SMILES string of the molecule is O=C(CCn1ccc(=O)[nH]c1=O)N1CCN(c2ccc(-c3ccc4c(c3)OCO4)nn2)CC1. The Bertz CT molecular complexity index is 1280. The van der Waals surface area contributed by atoms with E-state index < -0.39 is 11.2 Å². The zero-order chi connectivity index (χ0) is 22.8. The van der Waals surface area contributed by atoms with Crippen LogP contribution in [0.4, 0.5) is 5.82 Å².